The number of nitrogens with one attached hydrogen (secondary N) is 1. The van der Waals surface area contributed by atoms with Crippen LogP contribution < -0.4 is 5.32 Å². The van der Waals surface area contributed by atoms with Crippen LogP contribution in [0.4, 0.5) is 0 Å². The molecule has 0 spiro atoms. The molecule has 0 aromatic heterocycles. The molecule has 0 aliphatic rings. The second-order valence-corrected chi connectivity index (χ2v) is 17.9. The average Bonchev–Trinajstić information content (AvgIpc) is 3.24. The lowest BCUT2D eigenvalue weighted by molar-refractivity contribution is -0.143. The Hall–Kier alpha value is -1.66. The molecule has 1 amide bonds. The number of hydrogen-bond donors (Lipinski definition) is 3. The van der Waals surface area contributed by atoms with Gasteiger partial charge in [-0.05, 0) is 57.8 Å². The predicted octanol–water partition coefficient (Wildman–Crippen LogP) is 15.5. The Balaban J connectivity index is 3.39. The summed E-state index contributed by atoms with van der Waals surface area (Å²) >= 11 is 0. The highest BCUT2D eigenvalue weighted by Crippen LogP contribution is 2.16. The molecule has 0 saturated heterocycles. The van der Waals surface area contributed by atoms with Gasteiger partial charge in [-0.3, -0.25) is 9.59 Å². The highest BCUT2D eigenvalue weighted by molar-refractivity contribution is 5.76. The van der Waals surface area contributed by atoms with Crippen LogP contribution in [0, 0.1) is 0 Å². The van der Waals surface area contributed by atoms with E-state index in [0.717, 1.165) is 44.9 Å². The summed E-state index contributed by atoms with van der Waals surface area (Å²) in [6.07, 6.45) is 57.6. The Morgan fingerprint density at radius 2 is 0.797 bits per heavy atom. The van der Waals surface area contributed by atoms with Gasteiger partial charge in [0.05, 0.1) is 25.4 Å². The zero-order valence-corrected chi connectivity index (χ0v) is 39.5. The van der Waals surface area contributed by atoms with Crippen LogP contribution in [-0.2, 0) is 14.3 Å². The SMILES string of the molecule is CCCCCCC/C=C\CCCCCCCC(=O)OCCCCCCCCCCCCCCCCCCCCCC(=O)NC(CO)C(O)/C=C/CCCCCCCCC. The van der Waals surface area contributed by atoms with Gasteiger partial charge in [0.15, 0.2) is 0 Å². The topological polar surface area (TPSA) is 95.9 Å². The highest BCUT2D eigenvalue weighted by Gasteiger charge is 2.18. The Morgan fingerprint density at radius 1 is 0.458 bits per heavy atom. The Bertz CT molecular complexity index is 920. The largest absolute Gasteiger partial charge is 0.466 e. The number of carbonyl (C=O) groups excluding carboxylic acids is 2. The minimum absolute atomic E-state index is 0.000793. The number of amides is 1. The number of carbonyl (C=O) groups is 2. The third-order valence-electron chi connectivity index (χ3n) is 12.0. The maximum Gasteiger partial charge on any atom is 0.305 e. The maximum absolute atomic E-state index is 12.4. The quantitative estimate of drug-likeness (QED) is 0.0322. The molecule has 0 heterocycles. The molecule has 0 aromatic carbocycles. The van der Waals surface area contributed by atoms with Crippen molar-refractivity contribution in [1.82, 2.24) is 5.32 Å². The van der Waals surface area contributed by atoms with Gasteiger partial charge >= 0.3 is 5.97 Å². The normalized spacial score (nSPS) is 12.8. The summed E-state index contributed by atoms with van der Waals surface area (Å²) in [7, 11) is 0. The maximum atomic E-state index is 12.4. The van der Waals surface area contributed by atoms with Gasteiger partial charge in [0, 0.05) is 12.8 Å². The first-order valence-electron chi connectivity index (χ1n) is 26.1. The second-order valence-electron chi connectivity index (χ2n) is 17.9. The molecule has 0 bridgehead atoms. The van der Waals surface area contributed by atoms with Crippen molar-refractivity contribution in [3.8, 4) is 0 Å². The Labute approximate surface area is 367 Å². The van der Waals surface area contributed by atoms with Gasteiger partial charge in [-0.2, -0.15) is 0 Å². The van der Waals surface area contributed by atoms with Crippen molar-refractivity contribution in [2.45, 2.75) is 289 Å². The molecule has 6 heteroatoms. The minimum atomic E-state index is -0.843. The van der Waals surface area contributed by atoms with E-state index in [1.165, 1.54) is 205 Å². The smallest absolute Gasteiger partial charge is 0.305 e. The molecule has 59 heavy (non-hydrogen) atoms. The predicted molar refractivity (Wildman–Crippen MR) is 255 cm³/mol. The van der Waals surface area contributed by atoms with E-state index in [9.17, 15) is 19.8 Å². The van der Waals surface area contributed by atoms with Crippen LogP contribution >= 0.6 is 0 Å². The van der Waals surface area contributed by atoms with Crippen LogP contribution in [0.5, 0.6) is 0 Å². The molecule has 0 fully saturated rings. The van der Waals surface area contributed by atoms with Gasteiger partial charge in [-0.25, -0.2) is 0 Å². The van der Waals surface area contributed by atoms with E-state index >= 15 is 0 Å². The minimum Gasteiger partial charge on any atom is -0.466 e. The first-order chi connectivity index (χ1) is 29.0. The number of hydrogen-bond acceptors (Lipinski definition) is 5. The van der Waals surface area contributed by atoms with Gasteiger partial charge in [0.1, 0.15) is 0 Å². The number of rotatable bonds is 48. The Kier molecular flexibility index (Phi) is 47.6. The average molecular weight is 832 g/mol. The molecule has 0 aromatic rings. The van der Waals surface area contributed by atoms with Gasteiger partial charge in [-0.15, -0.1) is 0 Å². The first-order valence-corrected chi connectivity index (χ1v) is 26.1. The third kappa shape index (κ3) is 45.7. The Morgan fingerprint density at radius 3 is 1.20 bits per heavy atom. The summed E-state index contributed by atoms with van der Waals surface area (Å²) in [5.41, 5.74) is 0. The molecule has 0 aliphatic carbocycles. The summed E-state index contributed by atoms with van der Waals surface area (Å²) in [6, 6.07) is -0.627. The van der Waals surface area contributed by atoms with Crippen molar-refractivity contribution in [2.75, 3.05) is 13.2 Å². The van der Waals surface area contributed by atoms with Crippen molar-refractivity contribution in [1.29, 1.82) is 0 Å². The lowest BCUT2D eigenvalue weighted by atomic mass is 10.0. The molecule has 2 atom stereocenters. The fourth-order valence-electron chi connectivity index (χ4n) is 7.92. The molecule has 0 rings (SSSR count). The number of unbranched alkanes of at least 4 members (excludes halogenated alkanes) is 35. The zero-order chi connectivity index (χ0) is 43.0. The van der Waals surface area contributed by atoms with Crippen LogP contribution in [0.1, 0.15) is 277 Å². The summed E-state index contributed by atoms with van der Waals surface area (Å²) in [5, 5.41) is 22.9. The van der Waals surface area contributed by atoms with Gasteiger partial charge < -0.3 is 20.3 Å². The monoisotopic (exact) mass is 832 g/mol. The van der Waals surface area contributed by atoms with Crippen LogP contribution in [0.2, 0.25) is 0 Å². The first kappa shape index (κ1) is 57.3. The number of esters is 1. The van der Waals surface area contributed by atoms with E-state index in [-0.39, 0.29) is 18.5 Å². The van der Waals surface area contributed by atoms with Crippen molar-refractivity contribution >= 4 is 11.9 Å². The van der Waals surface area contributed by atoms with Crippen molar-refractivity contribution in [3.05, 3.63) is 24.3 Å². The molecular formula is C53H101NO5. The summed E-state index contributed by atoms with van der Waals surface area (Å²) in [4.78, 5) is 24.4. The van der Waals surface area contributed by atoms with E-state index in [2.05, 4.69) is 31.3 Å². The van der Waals surface area contributed by atoms with Crippen molar-refractivity contribution in [3.63, 3.8) is 0 Å². The fraction of sp³-hybridized carbons (Fsp3) is 0.887. The van der Waals surface area contributed by atoms with E-state index in [4.69, 9.17) is 4.74 Å². The highest BCUT2D eigenvalue weighted by atomic mass is 16.5. The fourth-order valence-corrected chi connectivity index (χ4v) is 7.92. The van der Waals surface area contributed by atoms with Crippen molar-refractivity contribution in [2.24, 2.45) is 0 Å². The van der Waals surface area contributed by atoms with E-state index < -0.39 is 12.1 Å². The summed E-state index contributed by atoms with van der Waals surface area (Å²) in [5.74, 6) is -0.0746. The van der Waals surface area contributed by atoms with Crippen LogP contribution in [0.15, 0.2) is 24.3 Å². The standard InChI is InChI=1S/C53H101NO5/c1-3-5-7-9-11-13-14-15-24-27-31-35-39-43-47-53(58)59-48-44-40-36-32-28-25-22-20-18-16-17-19-21-23-26-30-34-38-42-46-52(57)54-50(49-55)51(56)45-41-37-33-29-12-10-8-6-4-2/h14-15,41,45,50-51,55-56H,3-13,16-40,42-44,46-49H2,1-2H3,(H,54,57)/b15-14-,45-41+. The summed E-state index contributed by atoms with van der Waals surface area (Å²) in [6.45, 7) is 4.85. The molecule has 0 saturated carbocycles. The number of aliphatic hydroxyl groups excluding tert-OH is 2. The molecule has 3 N–H and O–H groups in total. The van der Waals surface area contributed by atoms with Gasteiger partial charge in [-0.1, -0.05) is 231 Å². The van der Waals surface area contributed by atoms with Crippen LogP contribution in [0.25, 0.3) is 0 Å². The molecule has 348 valence electrons. The van der Waals surface area contributed by atoms with Crippen molar-refractivity contribution < 1.29 is 24.5 Å². The molecule has 2 unspecified atom stereocenters. The van der Waals surface area contributed by atoms with Crippen LogP contribution in [0.3, 0.4) is 0 Å². The lowest BCUT2D eigenvalue weighted by Crippen LogP contribution is -2.45. The molecule has 6 nitrogen and oxygen atoms in total. The lowest BCUT2D eigenvalue weighted by Gasteiger charge is -2.20. The third-order valence-corrected chi connectivity index (χ3v) is 12.0. The molecule has 0 aliphatic heterocycles. The number of allylic oxidation sites excluding steroid dienone is 3. The van der Waals surface area contributed by atoms with Gasteiger partial charge in [0.2, 0.25) is 5.91 Å². The second kappa shape index (κ2) is 49.0. The number of ether oxygens (including phenoxy) is 1. The van der Waals surface area contributed by atoms with E-state index in [1.54, 1.807) is 6.08 Å². The van der Waals surface area contributed by atoms with Gasteiger partial charge in [0.25, 0.3) is 0 Å². The summed E-state index contributed by atoms with van der Waals surface area (Å²) < 4.78 is 5.46. The van der Waals surface area contributed by atoms with E-state index in [0.29, 0.717) is 19.4 Å². The molecular weight excluding hydrogens is 731 g/mol. The zero-order valence-electron chi connectivity index (χ0n) is 39.5. The molecule has 0 radical (unpaired) electrons. The van der Waals surface area contributed by atoms with Crippen LogP contribution in [-0.4, -0.2) is 47.4 Å². The number of aliphatic hydroxyl groups is 2. The van der Waals surface area contributed by atoms with E-state index in [1.807, 2.05) is 6.08 Å².